The summed E-state index contributed by atoms with van der Waals surface area (Å²) >= 11 is 0. The second kappa shape index (κ2) is 6.26. The van der Waals surface area contributed by atoms with Gasteiger partial charge in [0.25, 0.3) is 0 Å². The van der Waals surface area contributed by atoms with E-state index >= 15 is 0 Å². The first-order chi connectivity index (χ1) is 9.22. The first-order valence-electron chi connectivity index (χ1n) is 6.27. The molecule has 0 aromatic heterocycles. The van der Waals surface area contributed by atoms with Gasteiger partial charge in [-0.3, -0.25) is 5.43 Å². The molecule has 0 saturated heterocycles. The Morgan fingerprint density at radius 2 is 2.05 bits per heavy atom. The topological polar surface area (TPSA) is 62.5 Å². The molecule has 2 rings (SSSR count). The average Bonchev–Trinajstić information content (AvgIpc) is 2.44. The molecule has 0 bridgehead atoms. The SMILES string of the molecule is COc1ccc(C2=CC(C)=CN(NCCN)N2)cc1. The van der Waals surface area contributed by atoms with E-state index in [2.05, 4.69) is 23.9 Å². The highest BCUT2D eigenvalue weighted by atomic mass is 16.5. The summed E-state index contributed by atoms with van der Waals surface area (Å²) in [7, 11) is 1.67. The Kier molecular flexibility index (Phi) is 4.43. The highest BCUT2D eigenvalue weighted by molar-refractivity contribution is 5.67. The Labute approximate surface area is 113 Å². The monoisotopic (exact) mass is 260 g/mol. The lowest BCUT2D eigenvalue weighted by Crippen LogP contribution is -2.46. The van der Waals surface area contributed by atoms with Gasteiger partial charge in [-0.2, -0.15) is 0 Å². The Bertz CT molecular complexity index is 479. The number of hydrazine groups is 2. The van der Waals surface area contributed by atoms with Crippen molar-refractivity contribution in [3.63, 3.8) is 0 Å². The molecule has 1 heterocycles. The maximum atomic E-state index is 5.49. The first-order valence-corrected chi connectivity index (χ1v) is 6.27. The number of nitrogens with zero attached hydrogens (tertiary/aromatic N) is 1. The van der Waals surface area contributed by atoms with E-state index in [9.17, 15) is 0 Å². The van der Waals surface area contributed by atoms with Crippen LogP contribution in [0.15, 0.2) is 42.1 Å². The van der Waals surface area contributed by atoms with Crippen LogP contribution in [0.25, 0.3) is 5.70 Å². The molecule has 0 aliphatic carbocycles. The van der Waals surface area contributed by atoms with Crippen LogP contribution < -0.4 is 21.3 Å². The number of nitrogens with one attached hydrogen (secondary N) is 2. The predicted molar refractivity (Wildman–Crippen MR) is 76.8 cm³/mol. The van der Waals surface area contributed by atoms with E-state index in [1.807, 2.05) is 35.6 Å². The molecule has 1 aromatic rings. The summed E-state index contributed by atoms with van der Waals surface area (Å²) in [6, 6.07) is 7.95. The molecule has 1 aliphatic rings. The Morgan fingerprint density at radius 3 is 2.68 bits per heavy atom. The van der Waals surface area contributed by atoms with Gasteiger partial charge in [0.2, 0.25) is 0 Å². The van der Waals surface area contributed by atoms with Crippen molar-refractivity contribution in [2.24, 2.45) is 5.73 Å². The van der Waals surface area contributed by atoms with Crippen molar-refractivity contribution in [3.8, 4) is 5.75 Å². The summed E-state index contributed by atoms with van der Waals surface area (Å²) in [5, 5.41) is 1.84. The van der Waals surface area contributed by atoms with Crippen molar-refractivity contribution in [2.45, 2.75) is 6.92 Å². The first kappa shape index (κ1) is 13.5. The van der Waals surface area contributed by atoms with Crippen LogP contribution in [0.4, 0.5) is 0 Å². The number of benzene rings is 1. The van der Waals surface area contributed by atoms with Crippen molar-refractivity contribution in [1.29, 1.82) is 0 Å². The van der Waals surface area contributed by atoms with Gasteiger partial charge in [0.15, 0.2) is 0 Å². The zero-order valence-corrected chi connectivity index (χ0v) is 11.3. The molecule has 4 N–H and O–H groups in total. The van der Waals surface area contributed by atoms with Crippen molar-refractivity contribution in [1.82, 2.24) is 16.0 Å². The third-order valence-electron chi connectivity index (χ3n) is 2.77. The molecule has 0 saturated carbocycles. The summed E-state index contributed by atoms with van der Waals surface area (Å²) in [5.41, 5.74) is 15.3. The van der Waals surface area contributed by atoms with Crippen LogP contribution in [0.5, 0.6) is 5.75 Å². The van der Waals surface area contributed by atoms with Gasteiger partial charge in [0, 0.05) is 19.3 Å². The second-order valence-corrected chi connectivity index (χ2v) is 4.34. The molecular formula is C14H20N4O. The average molecular weight is 260 g/mol. The molecule has 1 aromatic carbocycles. The molecule has 0 amide bonds. The smallest absolute Gasteiger partial charge is 0.118 e. The fraction of sp³-hybridized carbons (Fsp3) is 0.286. The predicted octanol–water partition coefficient (Wildman–Crippen LogP) is 1.22. The minimum atomic E-state index is 0.590. The van der Waals surface area contributed by atoms with Crippen LogP contribution in [0, 0.1) is 0 Å². The number of methoxy groups -OCH3 is 1. The fourth-order valence-corrected chi connectivity index (χ4v) is 1.85. The number of rotatable bonds is 5. The van der Waals surface area contributed by atoms with Crippen LogP contribution in [0.2, 0.25) is 0 Å². The van der Waals surface area contributed by atoms with Gasteiger partial charge in [-0.25, -0.2) is 10.5 Å². The molecule has 0 unspecified atom stereocenters. The zero-order valence-electron chi connectivity index (χ0n) is 11.3. The number of ether oxygens (including phenoxy) is 1. The van der Waals surface area contributed by atoms with E-state index in [4.69, 9.17) is 10.5 Å². The third kappa shape index (κ3) is 3.49. The van der Waals surface area contributed by atoms with Gasteiger partial charge in [-0.05, 0) is 48.4 Å². The number of nitrogens with two attached hydrogens (primary N) is 1. The van der Waals surface area contributed by atoms with E-state index in [1.165, 1.54) is 0 Å². The molecule has 5 heteroatoms. The summed E-state index contributed by atoms with van der Waals surface area (Å²) in [5.74, 6) is 0.852. The van der Waals surface area contributed by atoms with Crippen molar-refractivity contribution < 1.29 is 4.74 Å². The standard InChI is InChI=1S/C14H20N4O/c1-11-9-14(17-18(10-11)16-8-7-15)12-3-5-13(19-2)6-4-12/h3-6,9-10,16-17H,7-8,15H2,1-2H3. The third-order valence-corrected chi connectivity index (χ3v) is 2.77. The second-order valence-electron chi connectivity index (χ2n) is 4.34. The van der Waals surface area contributed by atoms with Crippen molar-refractivity contribution in [3.05, 3.63) is 47.7 Å². The molecule has 5 nitrogen and oxygen atoms in total. The highest BCUT2D eigenvalue weighted by Crippen LogP contribution is 2.20. The molecule has 1 aliphatic heterocycles. The molecule has 0 spiro atoms. The molecule has 0 fully saturated rings. The van der Waals surface area contributed by atoms with E-state index < -0.39 is 0 Å². The lowest BCUT2D eigenvalue weighted by atomic mass is 10.1. The maximum absolute atomic E-state index is 5.49. The minimum Gasteiger partial charge on any atom is -0.497 e. The summed E-state index contributed by atoms with van der Waals surface area (Å²) in [6.07, 6.45) is 4.09. The molecule has 0 atom stereocenters. The van der Waals surface area contributed by atoms with Crippen LogP contribution in [-0.2, 0) is 0 Å². The van der Waals surface area contributed by atoms with Crippen LogP contribution >= 0.6 is 0 Å². The molecule has 102 valence electrons. The van der Waals surface area contributed by atoms with Gasteiger partial charge in [-0.1, -0.05) is 0 Å². The molecule has 19 heavy (non-hydrogen) atoms. The summed E-state index contributed by atoms with van der Waals surface area (Å²) < 4.78 is 5.16. The molecular weight excluding hydrogens is 240 g/mol. The lowest BCUT2D eigenvalue weighted by molar-refractivity contribution is 0.225. The highest BCUT2D eigenvalue weighted by Gasteiger charge is 2.10. The van der Waals surface area contributed by atoms with Gasteiger partial charge in [0.1, 0.15) is 5.75 Å². The van der Waals surface area contributed by atoms with Crippen LogP contribution in [0.1, 0.15) is 12.5 Å². The van der Waals surface area contributed by atoms with Gasteiger partial charge >= 0.3 is 0 Å². The van der Waals surface area contributed by atoms with E-state index in [0.29, 0.717) is 13.1 Å². The van der Waals surface area contributed by atoms with E-state index in [-0.39, 0.29) is 0 Å². The van der Waals surface area contributed by atoms with Gasteiger partial charge in [-0.15, -0.1) is 0 Å². The van der Waals surface area contributed by atoms with Gasteiger partial charge < -0.3 is 10.5 Å². The van der Waals surface area contributed by atoms with E-state index in [0.717, 1.165) is 22.6 Å². The Hall–Kier alpha value is -1.98. The van der Waals surface area contributed by atoms with Crippen molar-refractivity contribution >= 4 is 5.70 Å². The zero-order chi connectivity index (χ0) is 13.7. The Morgan fingerprint density at radius 1 is 1.32 bits per heavy atom. The van der Waals surface area contributed by atoms with Crippen LogP contribution in [-0.4, -0.2) is 25.3 Å². The normalized spacial score (nSPS) is 14.6. The fourth-order valence-electron chi connectivity index (χ4n) is 1.85. The summed E-state index contributed by atoms with van der Waals surface area (Å²) in [4.78, 5) is 0. The van der Waals surface area contributed by atoms with E-state index in [1.54, 1.807) is 7.11 Å². The number of hydrogen-bond acceptors (Lipinski definition) is 5. The maximum Gasteiger partial charge on any atom is 0.118 e. The van der Waals surface area contributed by atoms with Crippen molar-refractivity contribution in [2.75, 3.05) is 20.2 Å². The van der Waals surface area contributed by atoms with Gasteiger partial charge in [0.05, 0.1) is 12.8 Å². The lowest BCUT2D eigenvalue weighted by Gasteiger charge is -2.28. The number of allylic oxidation sites excluding steroid dienone is 2. The summed E-state index contributed by atoms with van der Waals surface area (Å²) in [6.45, 7) is 3.36. The quantitative estimate of drug-likeness (QED) is 0.743. The largest absolute Gasteiger partial charge is 0.497 e. The van der Waals surface area contributed by atoms with Crippen LogP contribution in [0.3, 0.4) is 0 Å². The molecule has 0 radical (unpaired) electrons. The minimum absolute atomic E-state index is 0.590. The Balaban J connectivity index is 2.12. The number of hydrogen-bond donors (Lipinski definition) is 3.